The zero-order valence-corrected chi connectivity index (χ0v) is 22.7. The van der Waals surface area contributed by atoms with E-state index >= 15 is 0 Å². The van der Waals surface area contributed by atoms with Crippen molar-refractivity contribution in [2.45, 2.75) is 30.9 Å². The van der Waals surface area contributed by atoms with Gasteiger partial charge in [0.25, 0.3) is 11.5 Å². The van der Waals surface area contributed by atoms with Gasteiger partial charge in [-0.15, -0.1) is 0 Å². The minimum absolute atomic E-state index is 0.0921. The highest BCUT2D eigenvalue weighted by Crippen LogP contribution is 2.50. The summed E-state index contributed by atoms with van der Waals surface area (Å²) in [4.78, 5) is 17.6. The molecule has 0 bridgehead atoms. The Labute approximate surface area is 236 Å². The highest BCUT2D eigenvalue weighted by atomic mass is 35.5. The van der Waals surface area contributed by atoms with Crippen molar-refractivity contribution in [1.82, 2.24) is 4.72 Å². The number of carbonyl (C=O) groups excluding carboxylic acids is 1. The van der Waals surface area contributed by atoms with Gasteiger partial charge >= 0.3 is 6.18 Å². The van der Waals surface area contributed by atoms with Crippen LogP contribution in [0.4, 0.5) is 22.0 Å². The SMILES string of the molecule is Cc1cc(C2=NOC(c3cc(Cl)c(F)c(Cl)c3)(C(F)(F)F)C2)ccc1C(=O)NS(=O)Cc1cc(F)cc(Cl)c1. The van der Waals surface area contributed by atoms with Crippen LogP contribution in [0.5, 0.6) is 0 Å². The number of hydrogen-bond donors (Lipinski definition) is 1. The molecule has 4 rings (SSSR count). The molecular weight excluding hydrogens is 610 g/mol. The predicted octanol–water partition coefficient (Wildman–Crippen LogP) is 7.41. The fourth-order valence-electron chi connectivity index (χ4n) is 3.99. The Morgan fingerprint density at radius 2 is 1.74 bits per heavy atom. The molecule has 0 saturated carbocycles. The van der Waals surface area contributed by atoms with Crippen LogP contribution in [0.25, 0.3) is 0 Å². The number of hydrogen-bond acceptors (Lipinski definition) is 4. The standard InChI is InChI=1S/C25H16Cl3F5N2O3S/c1-12-4-14(2-3-18(12)23(36)35-39(37)11-13-5-16(26)9-17(29)6-13)21-10-24(38-34-21,25(31,32)33)15-7-19(27)22(30)20(28)8-15/h2-9H,10-11H2,1H3,(H,35,36). The topological polar surface area (TPSA) is 67.8 Å². The van der Waals surface area contributed by atoms with E-state index in [1.54, 1.807) is 0 Å². The van der Waals surface area contributed by atoms with E-state index in [2.05, 4.69) is 9.88 Å². The van der Waals surface area contributed by atoms with Crippen LogP contribution in [0.1, 0.15) is 39.0 Å². The molecule has 1 aliphatic rings. The lowest BCUT2D eigenvalue weighted by atomic mass is 9.86. The fourth-order valence-corrected chi connectivity index (χ4v) is 5.58. The second-order valence-electron chi connectivity index (χ2n) is 8.61. The molecule has 3 aromatic carbocycles. The lowest BCUT2D eigenvalue weighted by Crippen LogP contribution is -2.42. The van der Waals surface area contributed by atoms with Crippen molar-refractivity contribution in [2.24, 2.45) is 5.16 Å². The average Bonchev–Trinajstić information content (AvgIpc) is 3.28. The molecular formula is C25H16Cl3F5N2O3S. The van der Waals surface area contributed by atoms with Gasteiger partial charge in [0, 0.05) is 22.6 Å². The van der Waals surface area contributed by atoms with Crippen LogP contribution in [0.2, 0.25) is 15.1 Å². The Morgan fingerprint density at radius 1 is 1.08 bits per heavy atom. The maximum absolute atomic E-state index is 14.2. The van der Waals surface area contributed by atoms with E-state index in [0.29, 0.717) is 11.1 Å². The highest BCUT2D eigenvalue weighted by Gasteiger charge is 2.62. The third-order valence-electron chi connectivity index (χ3n) is 5.87. The highest BCUT2D eigenvalue weighted by molar-refractivity contribution is 7.82. The smallest absolute Gasteiger partial charge is 0.374 e. The molecule has 0 saturated heterocycles. The molecule has 3 aromatic rings. The zero-order chi connectivity index (χ0) is 28.7. The number of halogens is 8. The Hall–Kier alpha value is -2.73. The second-order valence-corrected chi connectivity index (χ2v) is 11.0. The molecule has 0 spiro atoms. The van der Waals surface area contributed by atoms with Crippen LogP contribution in [0.15, 0.2) is 53.7 Å². The van der Waals surface area contributed by atoms with E-state index in [1.807, 2.05) is 0 Å². The summed E-state index contributed by atoms with van der Waals surface area (Å²) in [6.45, 7) is 1.53. The normalized spacial score (nSPS) is 17.9. The number of alkyl halides is 3. The van der Waals surface area contributed by atoms with Crippen LogP contribution in [0.3, 0.4) is 0 Å². The molecule has 2 atom stereocenters. The second kappa shape index (κ2) is 11.0. The lowest BCUT2D eigenvalue weighted by molar-refractivity contribution is -0.275. The van der Waals surface area contributed by atoms with Crippen molar-refractivity contribution in [2.75, 3.05) is 0 Å². The molecule has 1 aliphatic heterocycles. The summed E-state index contributed by atoms with van der Waals surface area (Å²) in [6.07, 6.45) is -5.76. The van der Waals surface area contributed by atoms with E-state index < -0.39 is 62.3 Å². The van der Waals surface area contributed by atoms with Crippen molar-refractivity contribution in [3.05, 3.63) is 103 Å². The van der Waals surface area contributed by atoms with Gasteiger partial charge in [-0.25, -0.2) is 13.0 Å². The number of rotatable bonds is 6. The van der Waals surface area contributed by atoms with E-state index in [4.69, 9.17) is 39.6 Å². The summed E-state index contributed by atoms with van der Waals surface area (Å²) in [5.41, 5.74) is -2.61. The fraction of sp³-hybridized carbons (Fsp3) is 0.200. The first-order valence-electron chi connectivity index (χ1n) is 10.9. The Kier molecular flexibility index (Phi) is 8.28. The minimum atomic E-state index is -4.98. The minimum Gasteiger partial charge on any atom is -0.374 e. The maximum atomic E-state index is 14.2. The summed E-state index contributed by atoms with van der Waals surface area (Å²) in [7, 11) is -1.92. The van der Waals surface area contributed by atoms with Crippen LogP contribution in [-0.4, -0.2) is 22.0 Å². The number of amides is 1. The summed E-state index contributed by atoms with van der Waals surface area (Å²) in [5, 5.41) is 2.53. The van der Waals surface area contributed by atoms with Gasteiger partial charge < -0.3 is 4.84 Å². The van der Waals surface area contributed by atoms with Crippen LogP contribution < -0.4 is 4.72 Å². The number of carbonyl (C=O) groups is 1. The van der Waals surface area contributed by atoms with E-state index in [0.717, 1.165) is 24.3 Å². The molecule has 0 aliphatic carbocycles. The Morgan fingerprint density at radius 3 is 2.33 bits per heavy atom. The van der Waals surface area contributed by atoms with Crippen LogP contribution >= 0.6 is 34.8 Å². The summed E-state index contributed by atoms with van der Waals surface area (Å²) in [5.74, 6) is -2.61. The van der Waals surface area contributed by atoms with Gasteiger partial charge in [-0.05, 0) is 66.1 Å². The number of nitrogens with one attached hydrogen (secondary N) is 1. The Balaban J connectivity index is 1.53. The number of aryl methyl sites for hydroxylation is 1. The monoisotopic (exact) mass is 624 g/mol. The molecule has 0 fully saturated rings. The molecule has 39 heavy (non-hydrogen) atoms. The van der Waals surface area contributed by atoms with Gasteiger partial charge in [-0.2, -0.15) is 13.2 Å². The number of benzene rings is 3. The number of oxime groups is 1. The Bertz CT molecular complexity index is 1490. The molecule has 5 nitrogen and oxygen atoms in total. The van der Waals surface area contributed by atoms with Crippen LogP contribution in [-0.2, 0) is 27.2 Å². The van der Waals surface area contributed by atoms with Crippen LogP contribution in [0, 0.1) is 18.6 Å². The van der Waals surface area contributed by atoms with Gasteiger partial charge in [0.2, 0.25) is 0 Å². The van der Waals surface area contributed by atoms with Crippen molar-refractivity contribution < 1.29 is 35.8 Å². The van der Waals surface area contributed by atoms with Gasteiger partial charge in [0.15, 0.2) is 5.82 Å². The predicted molar refractivity (Wildman–Crippen MR) is 138 cm³/mol. The van der Waals surface area contributed by atoms with Gasteiger partial charge in [-0.1, -0.05) is 46.0 Å². The third-order valence-corrected chi connectivity index (χ3v) is 7.64. The van der Waals surface area contributed by atoms with Gasteiger partial charge in [-0.3, -0.25) is 9.52 Å². The third kappa shape index (κ3) is 6.06. The molecule has 1 N–H and O–H groups in total. The average molecular weight is 626 g/mol. The van der Waals surface area contributed by atoms with E-state index in [-0.39, 0.29) is 27.6 Å². The van der Waals surface area contributed by atoms with Crippen molar-refractivity contribution >= 4 is 57.4 Å². The van der Waals surface area contributed by atoms with E-state index in [9.17, 15) is 31.0 Å². The maximum Gasteiger partial charge on any atom is 0.435 e. The van der Waals surface area contributed by atoms with Gasteiger partial charge in [0.1, 0.15) is 16.8 Å². The van der Waals surface area contributed by atoms with E-state index in [1.165, 1.54) is 31.2 Å². The number of nitrogens with zero attached hydrogens (tertiary/aromatic N) is 1. The zero-order valence-electron chi connectivity index (χ0n) is 19.6. The quantitative estimate of drug-likeness (QED) is 0.229. The van der Waals surface area contributed by atoms with Crippen molar-refractivity contribution in [3.8, 4) is 0 Å². The van der Waals surface area contributed by atoms with Crippen molar-refractivity contribution in [1.29, 1.82) is 0 Å². The molecule has 14 heteroatoms. The summed E-state index contributed by atoms with van der Waals surface area (Å²) in [6, 6.07) is 9.30. The van der Waals surface area contributed by atoms with Crippen molar-refractivity contribution in [3.63, 3.8) is 0 Å². The first kappa shape index (κ1) is 29.3. The molecule has 0 radical (unpaired) electrons. The molecule has 1 heterocycles. The largest absolute Gasteiger partial charge is 0.435 e. The molecule has 1 amide bonds. The first-order chi connectivity index (χ1) is 18.2. The first-order valence-corrected chi connectivity index (χ1v) is 13.4. The van der Waals surface area contributed by atoms with Gasteiger partial charge in [0.05, 0.1) is 21.5 Å². The molecule has 0 aromatic heterocycles. The summed E-state index contributed by atoms with van der Waals surface area (Å²) >= 11 is 17.2. The molecule has 2 unspecified atom stereocenters. The molecule has 206 valence electrons. The lowest BCUT2D eigenvalue weighted by Gasteiger charge is -2.29. The summed E-state index contributed by atoms with van der Waals surface area (Å²) < 4.78 is 84.8.